The highest BCUT2D eigenvalue weighted by molar-refractivity contribution is 5.73. The molecule has 1 aromatic rings. The van der Waals surface area contributed by atoms with Gasteiger partial charge in [0, 0.05) is 0 Å². The molecule has 0 aliphatic heterocycles. The van der Waals surface area contributed by atoms with Gasteiger partial charge < -0.3 is 26.2 Å². The van der Waals surface area contributed by atoms with Gasteiger partial charge in [-0.2, -0.15) is 0 Å². The molecule has 1 aromatic carbocycles. The van der Waals surface area contributed by atoms with E-state index in [-0.39, 0.29) is 24.4 Å². The molecule has 0 aromatic heterocycles. The van der Waals surface area contributed by atoms with Crippen molar-refractivity contribution in [1.82, 2.24) is 0 Å². The maximum absolute atomic E-state index is 10.4. The number of aromatic hydroxyl groups is 2. The molecule has 0 spiro atoms. The summed E-state index contributed by atoms with van der Waals surface area (Å²) in [4.78, 5) is 18.8. The van der Waals surface area contributed by atoms with Crippen LogP contribution in [0.5, 0.6) is 11.5 Å². The Labute approximate surface area is 96.7 Å². The summed E-state index contributed by atoms with van der Waals surface area (Å²) in [6, 6.07) is 3.09. The predicted octanol–water partition coefficient (Wildman–Crippen LogP) is -0.247. The zero-order valence-corrected chi connectivity index (χ0v) is 8.78. The van der Waals surface area contributed by atoms with Crippen LogP contribution in [0.25, 0.3) is 0 Å². The third-order valence-electron chi connectivity index (χ3n) is 1.81. The monoisotopic (exact) mass is 243 g/mol. The van der Waals surface area contributed by atoms with Crippen molar-refractivity contribution in [3.63, 3.8) is 0 Å². The van der Waals surface area contributed by atoms with Crippen LogP contribution in [0, 0.1) is 0 Å². The molecule has 0 aliphatic carbocycles. The van der Waals surface area contributed by atoms with Gasteiger partial charge >= 0.3 is 5.97 Å². The number of carbonyl (C=O) groups is 2. The molecule has 6 N–H and O–H groups in total. The molecule has 0 unspecified atom stereocenters. The zero-order valence-electron chi connectivity index (χ0n) is 8.78. The van der Waals surface area contributed by atoms with Gasteiger partial charge in [0.1, 0.15) is 6.04 Å². The van der Waals surface area contributed by atoms with Crippen LogP contribution < -0.4 is 5.73 Å². The van der Waals surface area contributed by atoms with Crippen molar-refractivity contribution in [2.45, 2.75) is 12.5 Å². The fraction of sp³-hybridized carbons (Fsp3) is 0.200. The second-order valence-corrected chi connectivity index (χ2v) is 3.08. The molecule has 0 aliphatic rings. The number of rotatable bonds is 3. The second-order valence-electron chi connectivity index (χ2n) is 3.08. The van der Waals surface area contributed by atoms with Crippen molar-refractivity contribution < 1.29 is 30.0 Å². The Hall–Kier alpha value is -2.28. The van der Waals surface area contributed by atoms with Crippen molar-refractivity contribution in [3.8, 4) is 11.5 Å². The molecule has 17 heavy (non-hydrogen) atoms. The minimum absolute atomic E-state index is 0.114. The maximum Gasteiger partial charge on any atom is 0.320 e. The van der Waals surface area contributed by atoms with Crippen molar-refractivity contribution in [1.29, 1.82) is 0 Å². The Bertz CT molecular complexity index is 392. The highest BCUT2D eigenvalue weighted by Gasteiger charge is 2.12. The van der Waals surface area contributed by atoms with Crippen LogP contribution in [0.1, 0.15) is 5.56 Å². The fourth-order valence-electron chi connectivity index (χ4n) is 1.04. The molecular formula is C10H13NO6. The molecular weight excluding hydrogens is 230 g/mol. The van der Waals surface area contributed by atoms with E-state index >= 15 is 0 Å². The first-order valence-corrected chi connectivity index (χ1v) is 4.49. The van der Waals surface area contributed by atoms with Crippen LogP contribution >= 0.6 is 0 Å². The summed E-state index contributed by atoms with van der Waals surface area (Å²) in [5.74, 6) is -1.62. The average molecular weight is 243 g/mol. The highest BCUT2D eigenvalue weighted by atomic mass is 16.4. The first-order valence-electron chi connectivity index (χ1n) is 4.49. The van der Waals surface area contributed by atoms with Gasteiger partial charge in [0.2, 0.25) is 0 Å². The van der Waals surface area contributed by atoms with Crippen LogP contribution in [-0.4, -0.2) is 38.9 Å². The Kier molecular flexibility index (Phi) is 6.12. The molecule has 0 heterocycles. The first kappa shape index (κ1) is 14.7. The Balaban J connectivity index is 0.000000770. The van der Waals surface area contributed by atoms with Crippen LogP contribution in [0.4, 0.5) is 0 Å². The highest BCUT2D eigenvalue weighted by Crippen LogP contribution is 2.25. The molecule has 0 radical (unpaired) electrons. The Morgan fingerprint density at radius 2 is 1.88 bits per heavy atom. The number of hydrogen-bond acceptors (Lipinski definition) is 5. The molecule has 1 rings (SSSR count). The van der Waals surface area contributed by atoms with Gasteiger partial charge in [0.25, 0.3) is 6.47 Å². The van der Waals surface area contributed by atoms with Gasteiger partial charge in [-0.05, 0) is 24.1 Å². The number of hydrogen-bond donors (Lipinski definition) is 5. The van der Waals surface area contributed by atoms with Crippen LogP contribution in [-0.2, 0) is 16.0 Å². The molecule has 0 bridgehead atoms. The van der Waals surface area contributed by atoms with Gasteiger partial charge in [-0.25, -0.2) is 0 Å². The molecule has 7 heteroatoms. The lowest BCUT2D eigenvalue weighted by molar-refractivity contribution is -0.138. The van der Waals surface area contributed by atoms with Crippen molar-refractivity contribution in [3.05, 3.63) is 23.8 Å². The zero-order chi connectivity index (χ0) is 13.4. The average Bonchev–Trinajstić information content (AvgIpc) is 2.24. The summed E-state index contributed by atoms with van der Waals surface area (Å²) in [6.07, 6.45) is 0.114. The molecule has 0 saturated heterocycles. The van der Waals surface area contributed by atoms with Crippen LogP contribution in [0.15, 0.2) is 18.2 Å². The number of aliphatic carboxylic acids is 1. The number of phenolic OH excluding ortho intramolecular Hbond substituents is 2. The lowest BCUT2D eigenvalue weighted by atomic mass is 10.1. The number of phenols is 2. The minimum atomic E-state index is -1.10. The summed E-state index contributed by atoms with van der Waals surface area (Å²) < 4.78 is 0. The maximum atomic E-state index is 10.4. The lowest BCUT2D eigenvalue weighted by Gasteiger charge is -2.06. The van der Waals surface area contributed by atoms with Crippen molar-refractivity contribution in [2.24, 2.45) is 5.73 Å². The van der Waals surface area contributed by atoms with E-state index in [1.54, 1.807) is 0 Å². The predicted molar refractivity (Wildman–Crippen MR) is 57.8 cm³/mol. The van der Waals surface area contributed by atoms with E-state index in [4.69, 9.17) is 31.0 Å². The van der Waals surface area contributed by atoms with Gasteiger partial charge in [-0.15, -0.1) is 0 Å². The van der Waals surface area contributed by atoms with E-state index in [2.05, 4.69) is 0 Å². The van der Waals surface area contributed by atoms with Crippen LogP contribution in [0.2, 0.25) is 0 Å². The number of carboxylic acids is 1. The van der Waals surface area contributed by atoms with E-state index < -0.39 is 12.0 Å². The molecule has 1 atom stereocenters. The number of nitrogens with two attached hydrogens (primary N) is 1. The van der Waals surface area contributed by atoms with Crippen LogP contribution in [0.3, 0.4) is 0 Å². The van der Waals surface area contributed by atoms with Gasteiger partial charge in [0.15, 0.2) is 11.5 Å². The second kappa shape index (κ2) is 7.07. The summed E-state index contributed by atoms with van der Waals surface area (Å²) in [5, 5.41) is 33.5. The molecule has 0 amide bonds. The van der Waals surface area contributed by atoms with Crippen molar-refractivity contribution >= 4 is 12.4 Å². The molecule has 7 nitrogen and oxygen atoms in total. The summed E-state index contributed by atoms with van der Waals surface area (Å²) in [6.45, 7) is -0.250. The molecule has 94 valence electrons. The summed E-state index contributed by atoms with van der Waals surface area (Å²) >= 11 is 0. The third-order valence-corrected chi connectivity index (χ3v) is 1.81. The minimum Gasteiger partial charge on any atom is -0.504 e. The topological polar surface area (TPSA) is 141 Å². The SMILES string of the molecule is N[C@@H](Cc1ccc(O)c(O)c1)C(=O)O.O=CO. The Morgan fingerprint density at radius 1 is 1.35 bits per heavy atom. The van der Waals surface area contributed by atoms with E-state index in [1.165, 1.54) is 18.2 Å². The fourth-order valence-corrected chi connectivity index (χ4v) is 1.04. The smallest absolute Gasteiger partial charge is 0.320 e. The molecule has 0 saturated carbocycles. The number of carboxylic acid groups (broad SMARTS) is 2. The Morgan fingerprint density at radius 3 is 2.29 bits per heavy atom. The van der Waals surface area contributed by atoms with E-state index in [9.17, 15) is 4.79 Å². The van der Waals surface area contributed by atoms with E-state index in [1.807, 2.05) is 0 Å². The normalized spacial score (nSPS) is 10.9. The summed E-state index contributed by atoms with van der Waals surface area (Å²) in [7, 11) is 0. The van der Waals surface area contributed by atoms with E-state index in [0.717, 1.165) is 0 Å². The molecule has 0 fully saturated rings. The van der Waals surface area contributed by atoms with Crippen molar-refractivity contribution in [2.75, 3.05) is 0 Å². The first-order chi connectivity index (χ1) is 7.92. The van der Waals surface area contributed by atoms with Gasteiger partial charge in [-0.3, -0.25) is 9.59 Å². The van der Waals surface area contributed by atoms with Gasteiger partial charge in [0.05, 0.1) is 0 Å². The summed E-state index contributed by atoms with van der Waals surface area (Å²) in [5.41, 5.74) is 5.86. The third kappa shape index (κ3) is 5.38. The van der Waals surface area contributed by atoms with Gasteiger partial charge in [-0.1, -0.05) is 6.07 Å². The number of benzene rings is 1. The lowest BCUT2D eigenvalue weighted by Crippen LogP contribution is -2.32. The standard InChI is InChI=1S/C9H11NO4.CH2O2/c10-6(9(13)14)3-5-1-2-7(11)8(12)4-5;2-1-3/h1-2,4,6,11-12H,3,10H2,(H,13,14);1H,(H,2,3)/t6-;/m0./s1. The largest absolute Gasteiger partial charge is 0.504 e. The van der Waals surface area contributed by atoms with E-state index in [0.29, 0.717) is 5.56 Å². The quantitative estimate of drug-likeness (QED) is 0.364.